The molecular formula is C10H14ClN3O. The van der Waals surface area contributed by atoms with E-state index in [-0.39, 0.29) is 12.0 Å². The first-order chi connectivity index (χ1) is 7.18. The van der Waals surface area contributed by atoms with Crippen LogP contribution < -0.4 is 4.90 Å². The van der Waals surface area contributed by atoms with Crippen LogP contribution in [-0.4, -0.2) is 34.3 Å². The van der Waals surface area contributed by atoms with Gasteiger partial charge < -0.3 is 10.0 Å². The van der Waals surface area contributed by atoms with E-state index in [9.17, 15) is 5.11 Å². The molecule has 1 saturated heterocycles. The van der Waals surface area contributed by atoms with Crippen LogP contribution in [0.4, 0.5) is 5.82 Å². The minimum Gasteiger partial charge on any atom is -0.393 e. The lowest BCUT2D eigenvalue weighted by Gasteiger charge is -2.35. The van der Waals surface area contributed by atoms with Crippen molar-refractivity contribution in [2.75, 3.05) is 18.0 Å². The Morgan fingerprint density at radius 3 is 2.87 bits per heavy atom. The quantitative estimate of drug-likeness (QED) is 0.787. The van der Waals surface area contributed by atoms with Crippen molar-refractivity contribution < 1.29 is 5.11 Å². The molecule has 15 heavy (non-hydrogen) atoms. The SMILES string of the molecule is C[C@@H]1CN(c2nccnc2Cl)CC[C@H]1O. The summed E-state index contributed by atoms with van der Waals surface area (Å²) in [6.07, 6.45) is 3.76. The second kappa shape index (κ2) is 4.33. The highest BCUT2D eigenvalue weighted by Gasteiger charge is 2.26. The van der Waals surface area contributed by atoms with Gasteiger partial charge in [0.2, 0.25) is 0 Å². The third kappa shape index (κ3) is 2.21. The first kappa shape index (κ1) is 10.6. The summed E-state index contributed by atoms with van der Waals surface area (Å²) in [6, 6.07) is 0. The molecule has 1 N–H and O–H groups in total. The molecule has 5 heteroatoms. The van der Waals surface area contributed by atoms with E-state index < -0.39 is 0 Å². The first-order valence-electron chi connectivity index (χ1n) is 5.08. The number of aliphatic hydroxyl groups excluding tert-OH is 1. The summed E-state index contributed by atoms with van der Waals surface area (Å²) >= 11 is 5.96. The molecule has 0 aromatic carbocycles. The summed E-state index contributed by atoms with van der Waals surface area (Å²) in [6.45, 7) is 3.59. The van der Waals surface area contributed by atoms with Crippen LogP contribution in [0.3, 0.4) is 0 Å². The largest absolute Gasteiger partial charge is 0.393 e. The number of aliphatic hydroxyl groups is 1. The molecule has 0 spiro atoms. The molecule has 2 atom stereocenters. The fourth-order valence-corrected chi connectivity index (χ4v) is 2.08. The molecule has 0 aliphatic carbocycles. The minimum atomic E-state index is -0.211. The van der Waals surface area contributed by atoms with E-state index in [0.29, 0.717) is 5.15 Å². The summed E-state index contributed by atoms with van der Waals surface area (Å²) in [7, 11) is 0. The fraction of sp³-hybridized carbons (Fsp3) is 0.600. The zero-order chi connectivity index (χ0) is 10.8. The third-order valence-electron chi connectivity index (χ3n) is 2.80. The molecule has 1 aliphatic rings. The first-order valence-corrected chi connectivity index (χ1v) is 5.46. The second-order valence-corrected chi connectivity index (χ2v) is 4.31. The van der Waals surface area contributed by atoms with Gasteiger partial charge in [0, 0.05) is 25.5 Å². The minimum absolute atomic E-state index is 0.211. The van der Waals surface area contributed by atoms with E-state index in [0.717, 1.165) is 25.3 Å². The molecule has 0 unspecified atom stereocenters. The Morgan fingerprint density at radius 2 is 2.20 bits per heavy atom. The van der Waals surface area contributed by atoms with Crippen molar-refractivity contribution in [3.05, 3.63) is 17.5 Å². The van der Waals surface area contributed by atoms with Crippen molar-refractivity contribution in [2.24, 2.45) is 5.92 Å². The number of piperidine rings is 1. The lowest BCUT2D eigenvalue weighted by Crippen LogP contribution is -2.42. The molecule has 0 amide bonds. The smallest absolute Gasteiger partial charge is 0.171 e. The van der Waals surface area contributed by atoms with Gasteiger partial charge in [0.15, 0.2) is 11.0 Å². The molecule has 0 saturated carbocycles. The van der Waals surface area contributed by atoms with Gasteiger partial charge in [0.05, 0.1) is 6.10 Å². The van der Waals surface area contributed by atoms with Crippen LogP contribution in [0.1, 0.15) is 13.3 Å². The molecule has 82 valence electrons. The molecule has 1 fully saturated rings. The molecule has 4 nitrogen and oxygen atoms in total. The molecule has 2 rings (SSSR count). The maximum atomic E-state index is 9.62. The molecule has 1 aromatic heterocycles. The zero-order valence-electron chi connectivity index (χ0n) is 8.60. The Morgan fingerprint density at radius 1 is 1.47 bits per heavy atom. The molecule has 1 aromatic rings. The number of halogens is 1. The number of aromatic nitrogens is 2. The lowest BCUT2D eigenvalue weighted by molar-refractivity contribution is 0.0969. The predicted molar refractivity (Wildman–Crippen MR) is 59.0 cm³/mol. The van der Waals surface area contributed by atoms with Crippen molar-refractivity contribution in [1.29, 1.82) is 0 Å². The Balaban J connectivity index is 2.15. The summed E-state index contributed by atoms with van der Waals surface area (Å²) in [5.41, 5.74) is 0. The number of anilines is 1. The highest BCUT2D eigenvalue weighted by molar-refractivity contribution is 6.31. The summed E-state index contributed by atoms with van der Waals surface area (Å²) < 4.78 is 0. The second-order valence-electron chi connectivity index (χ2n) is 3.95. The van der Waals surface area contributed by atoms with Crippen LogP contribution in [0.2, 0.25) is 5.15 Å². The number of hydrogen-bond donors (Lipinski definition) is 1. The Bertz CT molecular complexity index is 347. The fourth-order valence-electron chi connectivity index (χ4n) is 1.85. The number of rotatable bonds is 1. The zero-order valence-corrected chi connectivity index (χ0v) is 9.35. The van der Waals surface area contributed by atoms with Gasteiger partial charge in [-0.15, -0.1) is 0 Å². The van der Waals surface area contributed by atoms with Gasteiger partial charge in [-0.2, -0.15) is 0 Å². The number of hydrogen-bond acceptors (Lipinski definition) is 4. The number of nitrogens with zero attached hydrogens (tertiary/aromatic N) is 3. The van der Waals surface area contributed by atoms with Crippen molar-refractivity contribution in [3.8, 4) is 0 Å². The third-order valence-corrected chi connectivity index (χ3v) is 3.06. The van der Waals surface area contributed by atoms with Crippen LogP contribution in [0, 0.1) is 5.92 Å². The van der Waals surface area contributed by atoms with Gasteiger partial charge in [0.1, 0.15) is 0 Å². The molecule has 2 heterocycles. The molecular weight excluding hydrogens is 214 g/mol. The average Bonchev–Trinajstić information content (AvgIpc) is 2.23. The monoisotopic (exact) mass is 227 g/mol. The van der Waals surface area contributed by atoms with E-state index in [4.69, 9.17) is 11.6 Å². The predicted octanol–water partition coefficient (Wildman–Crippen LogP) is 1.34. The van der Waals surface area contributed by atoms with Crippen LogP contribution in [0.25, 0.3) is 0 Å². The lowest BCUT2D eigenvalue weighted by atomic mass is 9.97. The summed E-state index contributed by atoms with van der Waals surface area (Å²) in [5.74, 6) is 0.967. The standard InChI is InChI=1S/C10H14ClN3O/c1-7-6-14(5-2-8(7)15)10-9(11)12-3-4-13-10/h3-4,7-8,15H,2,5-6H2,1H3/t7-,8-/m1/s1. The van der Waals surface area contributed by atoms with Crippen LogP contribution in [0.5, 0.6) is 0 Å². The van der Waals surface area contributed by atoms with E-state index >= 15 is 0 Å². The Labute approximate surface area is 93.9 Å². The van der Waals surface area contributed by atoms with Crippen molar-refractivity contribution in [1.82, 2.24) is 9.97 Å². The van der Waals surface area contributed by atoms with E-state index in [1.54, 1.807) is 12.4 Å². The Hall–Kier alpha value is -0.870. The average molecular weight is 228 g/mol. The molecule has 0 bridgehead atoms. The van der Waals surface area contributed by atoms with E-state index in [1.807, 2.05) is 6.92 Å². The van der Waals surface area contributed by atoms with Crippen molar-refractivity contribution in [3.63, 3.8) is 0 Å². The van der Waals surface area contributed by atoms with Gasteiger partial charge in [-0.1, -0.05) is 18.5 Å². The van der Waals surface area contributed by atoms with Gasteiger partial charge in [-0.3, -0.25) is 0 Å². The maximum Gasteiger partial charge on any atom is 0.171 e. The van der Waals surface area contributed by atoms with Crippen molar-refractivity contribution in [2.45, 2.75) is 19.4 Å². The molecule has 1 aliphatic heterocycles. The van der Waals surface area contributed by atoms with Gasteiger partial charge in [0.25, 0.3) is 0 Å². The highest BCUT2D eigenvalue weighted by atomic mass is 35.5. The molecule has 0 radical (unpaired) electrons. The van der Waals surface area contributed by atoms with Crippen molar-refractivity contribution >= 4 is 17.4 Å². The Kier molecular flexibility index (Phi) is 3.07. The van der Waals surface area contributed by atoms with E-state index in [2.05, 4.69) is 14.9 Å². The highest BCUT2D eigenvalue weighted by Crippen LogP contribution is 2.25. The van der Waals surface area contributed by atoms with Gasteiger partial charge in [-0.05, 0) is 12.3 Å². The summed E-state index contributed by atoms with van der Waals surface area (Å²) in [5, 5.41) is 10.0. The van der Waals surface area contributed by atoms with Crippen LogP contribution in [0.15, 0.2) is 12.4 Å². The van der Waals surface area contributed by atoms with E-state index in [1.165, 1.54) is 0 Å². The van der Waals surface area contributed by atoms with Gasteiger partial charge in [-0.25, -0.2) is 9.97 Å². The van der Waals surface area contributed by atoms with Crippen LogP contribution in [-0.2, 0) is 0 Å². The normalized spacial score (nSPS) is 26.7. The van der Waals surface area contributed by atoms with Crippen LogP contribution >= 0.6 is 11.6 Å². The summed E-state index contributed by atoms with van der Waals surface area (Å²) in [4.78, 5) is 10.3. The maximum absolute atomic E-state index is 9.62. The van der Waals surface area contributed by atoms with Gasteiger partial charge >= 0.3 is 0 Å². The topological polar surface area (TPSA) is 49.2 Å².